The Kier molecular flexibility index (Phi) is 8.75. The van der Waals surface area contributed by atoms with Gasteiger partial charge in [-0.1, -0.05) is 42.5 Å². The molecule has 2 aromatic heterocycles. The maximum Gasteiger partial charge on any atom is 0.305 e. The molecular formula is C34H34F2N2O5. The first kappa shape index (κ1) is 30.1. The number of carboxylic acid groups (broad SMARTS) is 1. The summed E-state index contributed by atoms with van der Waals surface area (Å²) in [6.45, 7) is 4.06. The van der Waals surface area contributed by atoms with Crippen LogP contribution in [0.3, 0.4) is 0 Å². The van der Waals surface area contributed by atoms with Gasteiger partial charge in [0.25, 0.3) is 5.56 Å². The summed E-state index contributed by atoms with van der Waals surface area (Å²) in [6, 6.07) is 19.5. The summed E-state index contributed by atoms with van der Waals surface area (Å²) in [4.78, 5) is 25.4. The average molecular weight is 589 g/mol. The number of hydrogen-bond acceptors (Lipinski definition) is 4. The molecule has 5 rings (SSSR count). The number of rotatable bonds is 11. The van der Waals surface area contributed by atoms with Crippen LogP contribution in [0, 0.1) is 11.6 Å². The highest BCUT2D eigenvalue weighted by atomic mass is 19.1. The molecule has 224 valence electrons. The summed E-state index contributed by atoms with van der Waals surface area (Å²) in [7, 11) is 0. The SMILES string of the molecule is CC(C)n1c(CC[C@@H](O)C[C@@H](O)CC(=O)O)c(-c2ccc(F)cc2)c2c3ccccc3n(Cc3cccc(F)c3)c(=O)c21. The first-order valence-electron chi connectivity index (χ1n) is 14.3. The van der Waals surface area contributed by atoms with E-state index in [1.807, 2.05) is 42.7 Å². The van der Waals surface area contributed by atoms with Gasteiger partial charge in [0, 0.05) is 28.1 Å². The van der Waals surface area contributed by atoms with Crippen LogP contribution in [0.2, 0.25) is 0 Å². The van der Waals surface area contributed by atoms with Gasteiger partial charge in [0.1, 0.15) is 17.2 Å². The Morgan fingerprint density at radius 3 is 2.30 bits per heavy atom. The van der Waals surface area contributed by atoms with E-state index >= 15 is 0 Å². The Balaban J connectivity index is 1.76. The summed E-state index contributed by atoms with van der Waals surface area (Å²) in [5.41, 5.74) is 3.68. The fraction of sp³-hybridized carbons (Fsp3) is 0.294. The second-order valence-corrected chi connectivity index (χ2v) is 11.2. The third kappa shape index (κ3) is 6.23. The van der Waals surface area contributed by atoms with Crippen molar-refractivity contribution in [3.63, 3.8) is 0 Å². The Morgan fingerprint density at radius 2 is 1.63 bits per heavy atom. The van der Waals surface area contributed by atoms with E-state index in [9.17, 15) is 28.6 Å². The highest BCUT2D eigenvalue weighted by molar-refractivity contribution is 6.13. The maximum absolute atomic E-state index is 14.4. The number of aliphatic hydroxyl groups is 2. The van der Waals surface area contributed by atoms with Crippen molar-refractivity contribution in [3.8, 4) is 11.1 Å². The van der Waals surface area contributed by atoms with Crippen LogP contribution in [0.4, 0.5) is 8.78 Å². The number of benzene rings is 3. The van der Waals surface area contributed by atoms with E-state index in [1.165, 1.54) is 24.3 Å². The van der Waals surface area contributed by atoms with Gasteiger partial charge in [0.05, 0.1) is 30.7 Å². The van der Waals surface area contributed by atoms with E-state index in [2.05, 4.69) is 0 Å². The number of para-hydroxylation sites is 1. The van der Waals surface area contributed by atoms with Crippen LogP contribution in [0.25, 0.3) is 32.9 Å². The number of halogens is 2. The van der Waals surface area contributed by atoms with Gasteiger partial charge in [-0.3, -0.25) is 9.59 Å². The predicted octanol–water partition coefficient (Wildman–Crippen LogP) is 6.05. The molecule has 3 aromatic carbocycles. The van der Waals surface area contributed by atoms with E-state index in [-0.39, 0.29) is 31.0 Å². The molecular weight excluding hydrogens is 554 g/mol. The Bertz CT molecular complexity index is 1840. The third-order valence-electron chi connectivity index (χ3n) is 7.77. The van der Waals surface area contributed by atoms with Gasteiger partial charge in [0.2, 0.25) is 0 Å². The lowest BCUT2D eigenvalue weighted by Crippen LogP contribution is -2.24. The fourth-order valence-electron chi connectivity index (χ4n) is 6.01. The van der Waals surface area contributed by atoms with Crippen LogP contribution in [0.5, 0.6) is 0 Å². The monoisotopic (exact) mass is 588 g/mol. The average Bonchev–Trinajstić information content (AvgIpc) is 3.30. The predicted molar refractivity (Wildman–Crippen MR) is 162 cm³/mol. The smallest absolute Gasteiger partial charge is 0.305 e. The van der Waals surface area contributed by atoms with Crippen LogP contribution in [0.1, 0.15) is 50.4 Å². The third-order valence-corrected chi connectivity index (χ3v) is 7.77. The van der Waals surface area contributed by atoms with Gasteiger partial charge in [-0.25, -0.2) is 8.78 Å². The second kappa shape index (κ2) is 12.5. The van der Waals surface area contributed by atoms with E-state index in [4.69, 9.17) is 5.11 Å². The van der Waals surface area contributed by atoms with Crippen molar-refractivity contribution >= 4 is 27.8 Å². The van der Waals surface area contributed by atoms with Crippen molar-refractivity contribution in [2.24, 2.45) is 0 Å². The van der Waals surface area contributed by atoms with Crippen LogP contribution >= 0.6 is 0 Å². The minimum absolute atomic E-state index is 0.108. The summed E-state index contributed by atoms with van der Waals surface area (Å²) >= 11 is 0. The van der Waals surface area contributed by atoms with Crippen LogP contribution < -0.4 is 5.56 Å². The first-order valence-corrected chi connectivity index (χ1v) is 14.3. The van der Waals surface area contributed by atoms with Gasteiger partial charge in [-0.2, -0.15) is 0 Å². The molecule has 2 heterocycles. The topological polar surface area (TPSA) is 105 Å². The first-order chi connectivity index (χ1) is 20.5. The lowest BCUT2D eigenvalue weighted by atomic mass is 9.96. The van der Waals surface area contributed by atoms with Crippen LogP contribution in [0.15, 0.2) is 77.6 Å². The molecule has 7 nitrogen and oxygen atoms in total. The number of aliphatic hydroxyl groups excluding tert-OH is 2. The standard InChI is InChI=1S/C34H34F2N2O5/c1-20(2)38-29(15-14-25(39)17-26(40)18-30(41)42)31(22-10-12-23(35)13-11-22)32-27-8-3-4-9-28(27)37(34(43)33(32)38)19-21-6-5-7-24(36)16-21/h3-13,16,20,25-26,39-40H,14-15,17-19H2,1-2H3,(H,41,42)/t25-,26-/m1/s1. The summed E-state index contributed by atoms with van der Waals surface area (Å²) < 4.78 is 31.7. The lowest BCUT2D eigenvalue weighted by molar-refractivity contribution is -0.139. The number of aliphatic carboxylic acids is 1. The van der Waals surface area contributed by atoms with Crippen molar-refractivity contribution in [2.45, 2.75) is 64.3 Å². The Hall–Kier alpha value is -4.34. The molecule has 0 unspecified atom stereocenters. The zero-order chi connectivity index (χ0) is 30.8. The molecule has 0 spiro atoms. The summed E-state index contributed by atoms with van der Waals surface area (Å²) in [6.07, 6.45) is -2.26. The Labute approximate surface area is 247 Å². The van der Waals surface area contributed by atoms with Crippen LogP contribution in [-0.2, 0) is 17.8 Å². The molecule has 0 saturated carbocycles. The van der Waals surface area contributed by atoms with Crippen molar-refractivity contribution in [1.29, 1.82) is 0 Å². The Morgan fingerprint density at radius 1 is 0.907 bits per heavy atom. The largest absolute Gasteiger partial charge is 0.481 e. The van der Waals surface area contributed by atoms with Crippen molar-refractivity contribution < 1.29 is 28.9 Å². The molecule has 3 N–H and O–H groups in total. The molecule has 0 aliphatic rings. The molecule has 5 aromatic rings. The van der Waals surface area contributed by atoms with Crippen molar-refractivity contribution in [3.05, 3.63) is 106 Å². The normalized spacial score (nSPS) is 13.2. The number of pyridine rings is 1. The second-order valence-electron chi connectivity index (χ2n) is 11.2. The van der Waals surface area contributed by atoms with E-state index < -0.39 is 36.2 Å². The minimum Gasteiger partial charge on any atom is -0.481 e. The fourth-order valence-corrected chi connectivity index (χ4v) is 6.01. The lowest BCUT2D eigenvalue weighted by Gasteiger charge is -2.19. The number of carbonyl (C=O) groups is 1. The van der Waals surface area contributed by atoms with Gasteiger partial charge < -0.3 is 24.5 Å². The van der Waals surface area contributed by atoms with Gasteiger partial charge in [-0.05, 0) is 74.6 Å². The molecule has 0 radical (unpaired) electrons. The summed E-state index contributed by atoms with van der Waals surface area (Å²) in [5.74, 6) is -1.95. The van der Waals surface area contributed by atoms with Crippen molar-refractivity contribution in [2.75, 3.05) is 0 Å². The van der Waals surface area contributed by atoms with Gasteiger partial charge in [-0.15, -0.1) is 0 Å². The summed E-state index contributed by atoms with van der Waals surface area (Å²) in [5, 5.41) is 31.3. The van der Waals surface area contributed by atoms with Crippen molar-refractivity contribution in [1.82, 2.24) is 9.13 Å². The van der Waals surface area contributed by atoms with E-state index in [0.717, 1.165) is 16.6 Å². The molecule has 0 fully saturated rings. The zero-order valence-electron chi connectivity index (χ0n) is 24.0. The number of nitrogens with zero attached hydrogens (tertiary/aromatic N) is 2. The highest BCUT2D eigenvalue weighted by Crippen LogP contribution is 2.40. The van der Waals surface area contributed by atoms with Gasteiger partial charge >= 0.3 is 5.97 Å². The van der Waals surface area contributed by atoms with E-state index in [0.29, 0.717) is 34.0 Å². The number of fused-ring (bicyclic) bond motifs is 3. The molecule has 0 amide bonds. The van der Waals surface area contributed by atoms with Gasteiger partial charge in [0.15, 0.2) is 0 Å². The molecule has 0 aliphatic carbocycles. The quantitative estimate of drug-likeness (QED) is 0.174. The van der Waals surface area contributed by atoms with E-state index in [1.54, 1.807) is 28.8 Å². The number of hydrogen-bond donors (Lipinski definition) is 3. The number of aromatic nitrogens is 2. The molecule has 0 saturated heterocycles. The molecule has 2 atom stereocenters. The molecule has 0 bridgehead atoms. The van der Waals surface area contributed by atoms with Crippen LogP contribution in [-0.4, -0.2) is 42.6 Å². The zero-order valence-corrected chi connectivity index (χ0v) is 24.0. The molecule has 43 heavy (non-hydrogen) atoms. The molecule has 9 heteroatoms. The minimum atomic E-state index is -1.20. The number of carboxylic acids is 1. The molecule has 0 aliphatic heterocycles. The highest BCUT2D eigenvalue weighted by Gasteiger charge is 2.27. The maximum atomic E-state index is 14.4.